The van der Waals surface area contributed by atoms with Crippen molar-refractivity contribution in [3.05, 3.63) is 65.5 Å². The first-order chi connectivity index (χ1) is 13.7. The quantitative estimate of drug-likeness (QED) is 0.790. The second-order valence-corrected chi connectivity index (χ2v) is 7.78. The molecule has 2 aromatic carbocycles. The third-order valence-electron chi connectivity index (χ3n) is 5.98. The second-order valence-electron chi connectivity index (χ2n) is 7.78. The lowest BCUT2D eigenvalue weighted by atomic mass is 10.0. The van der Waals surface area contributed by atoms with Gasteiger partial charge in [0.05, 0.1) is 13.2 Å². The fourth-order valence-electron chi connectivity index (χ4n) is 4.23. The number of ether oxygens (including phenoxy) is 1. The van der Waals surface area contributed by atoms with E-state index in [1.165, 1.54) is 30.5 Å². The van der Waals surface area contributed by atoms with E-state index >= 15 is 0 Å². The van der Waals surface area contributed by atoms with Gasteiger partial charge in [-0.25, -0.2) is 4.39 Å². The van der Waals surface area contributed by atoms with Gasteiger partial charge in [-0.3, -0.25) is 9.69 Å². The molecule has 2 fully saturated rings. The van der Waals surface area contributed by atoms with Crippen LogP contribution in [0.4, 0.5) is 4.39 Å². The van der Waals surface area contributed by atoms with Crippen LogP contribution in [0.15, 0.2) is 48.5 Å². The third-order valence-corrected chi connectivity index (χ3v) is 5.98. The first-order valence-electron chi connectivity index (χ1n) is 10.1. The second kappa shape index (κ2) is 8.31. The van der Waals surface area contributed by atoms with E-state index in [9.17, 15) is 9.18 Å². The molecule has 28 heavy (non-hydrogen) atoms. The first kappa shape index (κ1) is 18.9. The summed E-state index contributed by atoms with van der Waals surface area (Å²) in [7, 11) is 1.67. The maximum absolute atomic E-state index is 13.1. The number of carbonyl (C=O) groups excluding carboxylic acids is 1. The maximum atomic E-state index is 13.1. The lowest BCUT2D eigenvalue weighted by molar-refractivity contribution is -0.122. The predicted molar refractivity (Wildman–Crippen MR) is 107 cm³/mol. The summed E-state index contributed by atoms with van der Waals surface area (Å²) in [5.41, 5.74) is 2.25. The van der Waals surface area contributed by atoms with E-state index in [0.717, 1.165) is 30.8 Å². The number of likely N-dealkylation sites (tertiary alicyclic amines) is 1. The van der Waals surface area contributed by atoms with Crippen molar-refractivity contribution in [1.29, 1.82) is 0 Å². The molecule has 1 saturated carbocycles. The summed E-state index contributed by atoms with van der Waals surface area (Å²) in [6.07, 6.45) is 3.25. The molecule has 3 unspecified atom stereocenters. The van der Waals surface area contributed by atoms with Crippen molar-refractivity contribution in [3.8, 4) is 5.75 Å². The molecular formula is C23H27FN2O2. The molecule has 1 N–H and O–H groups in total. The van der Waals surface area contributed by atoms with Crippen molar-refractivity contribution >= 4 is 5.91 Å². The SMILES string of the molecule is COc1ccc(C(CNC(=O)C2CC2c2ccc(F)cc2)N2CCCC2)cc1. The van der Waals surface area contributed by atoms with Gasteiger partial charge in [0.15, 0.2) is 0 Å². The standard InChI is InChI=1S/C23H27FN2O2/c1-28-19-10-6-17(7-11-19)22(26-12-2-3-13-26)15-25-23(27)21-14-20(21)16-4-8-18(24)9-5-16/h4-11,20-22H,2-3,12-15H2,1H3,(H,25,27). The van der Waals surface area contributed by atoms with Crippen LogP contribution >= 0.6 is 0 Å². The van der Waals surface area contributed by atoms with Gasteiger partial charge in [0.2, 0.25) is 5.91 Å². The summed E-state index contributed by atoms with van der Waals surface area (Å²) < 4.78 is 18.4. The van der Waals surface area contributed by atoms with Crippen LogP contribution in [-0.4, -0.2) is 37.6 Å². The van der Waals surface area contributed by atoms with Crippen LogP contribution in [0.2, 0.25) is 0 Å². The molecular weight excluding hydrogens is 355 g/mol. The van der Waals surface area contributed by atoms with Crippen LogP contribution in [0.1, 0.15) is 42.3 Å². The minimum Gasteiger partial charge on any atom is -0.497 e. The fraction of sp³-hybridized carbons (Fsp3) is 0.435. The molecule has 0 aromatic heterocycles. The summed E-state index contributed by atoms with van der Waals surface area (Å²) in [5, 5.41) is 3.17. The Hall–Kier alpha value is -2.40. The molecule has 1 aliphatic heterocycles. The van der Waals surface area contributed by atoms with Crippen molar-refractivity contribution < 1.29 is 13.9 Å². The van der Waals surface area contributed by atoms with Crippen molar-refractivity contribution in [1.82, 2.24) is 10.2 Å². The van der Waals surface area contributed by atoms with E-state index in [2.05, 4.69) is 22.3 Å². The van der Waals surface area contributed by atoms with Crippen LogP contribution in [0, 0.1) is 11.7 Å². The monoisotopic (exact) mass is 382 g/mol. The molecule has 0 spiro atoms. The zero-order valence-electron chi connectivity index (χ0n) is 16.2. The Bertz CT molecular complexity index is 800. The average molecular weight is 382 g/mol. The number of rotatable bonds is 7. The van der Waals surface area contributed by atoms with Crippen molar-refractivity contribution in [2.75, 3.05) is 26.7 Å². The molecule has 0 radical (unpaired) electrons. The number of amides is 1. The highest BCUT2D eigenvalue weighted by atomic mass is 19.1. The molecule has 2 aliphatic rings. The van der Waals surface area contributed by atoms with Crippen LogP contribution in [0.25, 0.3) is 0 Å². The molecule has 4 nitrogen and oxygen atoms in total. The van der Waals surface area contributed by atoms with Gasteiger partial charge >= 0.3 is 0 Å². The van der Waals surface area contributed by atoms with E-state index in [1.807, 2.05) is 12.1 Å². The molecule has 1 aliphatic carbocycles. The van der Waals surface area contributed by atoms with Gasteiger partial charge in [-0.1, -0.05) is 24.3 Å². The molecule has 1 heterocycles. The molecule has 1 amide bonds. The van der Waals surface area contributed by atoms with Gasteiger partial charge in [-0.15, -0.1) is 0 Å². The summed E-state index contributed by atoms with van der Waals surface area (Å²) in [6.45, 7) is 2.74. The van der Waals surface area contributed by atoms with Crippen LogP contribution in [0.3, 0.4) is 0 Å². The van der Waals surface area contributed by atoms with Gasteiger partial charge in [0, 0.05) is 12.5 Å². The Morgan fingerprint density at radius 3 is 2.46 bits per heavy atom. The van der Waals surface area contributed by atoms with Crippen LogP contribution < -0.4 is 10.1 Å². The lowest BCUT2D eigenvalue weighted by Gasteiger charge is -2.28. The largest absolute Gasteiger partial charge is 0.497 e. The number of hydrogen-bond acceptors (Lipinski definition) is 3. The Kier molecular flexibility index (Phi) is 5.62. The number of halogens is 1. The zero-order chi connectivity index (χ0) is 19.5. The number of nitrogens with one attached hydrogen (secondary N) is 1. The first-order valence-corrected chi connectivity index (χ1v) is 10.1. The Labute approximate surface area is 165 Å². The van der Waals surface area contributed by atoms with Gasteiger partial charge in [0.1, 0.15) is 11.6 Å². The Morgan fingerprint density at radius 1 is 1.14 bits per heavy atom. The molecule has 148 valence electrons. The minimum atomic E-state index is -0.238. The highest BCUT2D eigenvalue weighted by Crippen LogP contribution is 2.47. The highest BCUT2D eigenvalue weighted by molar-refractivity contribution is 5.82. The molecule has 1 saturated heterocycles. The topological polar surface area (TPSA) is 41.6 Å². The van der Waals surface area contributed by atoms with Crippen LogP contribution in [0.5, 0.6) is 5.75 Å². The third kappa shape index (κ3) is 4.20. The van der Waals surface area contributed by atoms with E-state index in [4.69, 9.17) is 4.74 Å². The van der Waals surface area contributed by atoms with Crippen molar-refractivity contribution in [2.24, 2.45) is 5.92 Å². The van der Waals surface area contributed by atoms with Crippen molar-refractivity contribution in [3.63, 3.8) is 0 Å². The maximum Gasteiger partial charge on any atom is 0.223 e. The number of nitrogens with zero attached hydrogens (tertiary/aromatic N) is 1. The number of methoxy groups -OCH3 is 1. The number of hydrogen-bond donors (Lipinski definition) is 1. The van der Waals surface area contributed by atoms with Gasteiger partial charge in [-0.05, 0) is 73.7 Å². The number of benzene rings is 2. The summed E-state index contributed by atoms with van der Waals surface area (Å²) in [6, 6.07) is 14.8. The predicted octanol–water partition coefficient (Wildman–Crippen LogP) is 3.89. The summed E-state index contributed by atoms with van der Waals surface area (Å²) in [5.74, 6) is 0.922. The molecule has 4 rings (SSSR count). The molecule has 0 bridgehead atoms. The van der Waals surface area contributed by atoms with E-state index < -0.39 is 0 Å². The Morgan fingerprint density at radius 2 is 1.82 bits per heavy atom. The van der Waals surface area contributed by atoms with E-state index in [1.54, 1.807) is 19.2 Å². The van der Waals surface area contributed by atoms with Gasteiger partial charge < -0.3 is 10.1 Å². The fourth-order valence-corrected chi connectivity index (χ4v) is 4.23. The normalized spacial score (nSPS) is 22.6. The van der Waals surface area contributed by atoms with Gasteiger partial charge in [0.25, 0.3) is 0 Å². The molecule has 3 atom stereocenters. The minimum absolute atomic E-state index is 0.000515. The average Bonchev–Trinajstić information content (AvgIpc) is 3.35. The number of carbonyl (C=O) groups is 1. The molecule has 5 heteroatoms. The zero-order valence-corrected chi connectivity index (χ0v) is 16.2. The lowest BCUT2D eigenvalue weighted by Crippen LogP contribution is -2.37. The smallest absolute Gasteiger partial charge is 0.223 e. The van der Waals surface area contributed by atoms with Gasteiger partial charge in [-0.2, -0.15) is 0 Å². The summed E-state index contributed by atoms with van der Waals surface area (Å²) >= 11 is 0. The summed E-state index contributed by atoms with van der Waals surface area (Å²) in [4.78, 5) is 15.1. The van der Waals surface area contributed by atoms with Crippen LogP contribution in [-0.2, 0) is 4.79 Å². The van der Waals surface area contributed by atoms with E-state index in [-0.39, 0.29) is 29.6 Å². The highest BCUT2D eigenvalue weighted by Gasteiger charge is 2.44. The van der Waals surface area contributed by atoms with E-state index in [0.29, 0.717) is 6.54 Å². The Balaban J connectivity index is 1.38. The molecule has 2 aromatic rings. The van der Waals surface area contributed by atoms with Crippen molar-refractivity contribution in [2.45, 2.75) is 31.2 Å².